The average molecular weight is 408 g/mol. The van der Waals surface area contributed by atoms with E-state index in [-0.39, 0.29) is 6.10 Å². The minimum absolute atomic E-state index is 0.0172. The van der Waals surface area contributed by atoms with E-state index in [4.69, 9.17) is 4.74 Å². The third-order valence-corrected chi connectivity index (χ3v) is 5.34. The summed E-state index contributed by atoms with van der Waals surface area (Å²) >= 11 is 3.48. The van der Waals surface area contributed by atoms with Gasteiger partial charge in [-0.25, -0.2) is 0 Å². The number of benzene rings is 2. The largest absolute Gasteiger partial charge is 0.370 e. The van der Waals surface area contributed by atoms with Crippen molar-refractivity contribution in [1.29, 1.82) is 5.26 Å². The van der Waals surface area contributed by atoms with Crippen molar-refractivity contribution < 1.29 is 4.74 Å². The summed E-state index contributed by atoms with van der Waals surface area (Å²) < 4.78 is 7.06. The van der Waals surface area contributed by atoms with Crippen LogP contribution in [0.1, 0.15) is 22.8 Å². The summed E-state index contributed by atoms with van der Waals surface area (Å²) in [6.07, 6.45) is 1.67. The first-order chi connectivity index (χ1) is 12.7. The van der Waals surface area contributed by atoms with Crippen molar-refractivity contribution in [3.8, 4) is 6.07 Å². The van der Waals surface area contributed by atoms with Crippen LogP contribution in [0, 0.1) is 18.3 Å². The molecule has 4 nitrogen and oxygen atoms in total. The molecule has 3 aromatic rings. The maximum atomic E-state index is 9.64. The van der Waals surface area contributed by atoms with E-state index >= 15 is 0 Å². The van der Waals surface area contributed by atoms with Crippen LogP contribution in [0.3, 0.4) is 0 Å². The molecule has 0 N–H and O–H groups in total. The number of para-hydroxylation sites is 1. The Hall–Kier alpha value is -2.42. The highest BCUT2D eigenvalue weighted by Gasteiger charge is 2.25. The highest BCUT2D eigenvalue weighted by Crippen LogP contribution is 2.34. The number of nitriles is 1. The predicted molar refractivity (Wildman–Crippen MR) is 106 cm³/mol. The van der Waals surface area contributed by atoms with Gasteiger partial charge in [0.2, 0.25) is 0 Å². The summed E-state index contributed by atoms with van der Waals surface area (Å²) in [5, 5.41) is 10.7. The summed E-state index contributed by atoms with van der Waals surface area (Å²) in [4.78, 5) is 6.77. The van der Waals surface area contributed by atoms with E-state index in [9.17, 15) is 5.26 Å². The zero-order valence-electron chi connectivity index (χ0n) is 14.4. The fourth-order valence-electron chi connectivity index (χ4n) is 3.51. The molecule has 2 aromatic carbocycles. The van der Waals surface area contributed by atoms with Crippen LogP contribution in [-0.2, 0) is 4.74 Å². The van der Waals surface area contributed by atoms with Gasteiger partial charge >= 0.3 is 0 Å². The molecule has 2 heterocycles. The number of anilines is 1. The zero-order chi connectivity index (χ0) is 18.1. The molecular formula is C21H18BrN3O. The summed E-state index contributed by atoms with van der Waals surface area (Å²) in [5.74, 6) is 0. The van der Waals surface area contributed by atoms with Crippen LogP contribution in [0.5, 0.6) is 0 Å². The van der Waals surface area contributed by atoms with E-state index in [0.29, 0.717) is 18.7 Å². The summed E-state index contributed by atoms with van der Waals surface area (Å²) in [6.45, 7) is 4.15. The summed E-state index contributed by atoms with van der Waals surface area (Å²) in [7, 11) is 0. The quantitative estimate of drug-likeness (QED) is 0.614. The smallest absolute Gasteiger partial charge is 0.103 e. The lowest BCUT2D eigenvalue weighted by Gasteiger charge is -2.35. The van der Waals surface area contributed by atoms with Crippen LogP contribution in [0.15, 0.2) is 53.1 Å². The first-order valence-electron chi connectivity index (χ1n) is 8.58. The zero-order valence-corrected chi connectivity index (χ0v) is 16.0. The third-order valence-electron chi connectivity index (χ3n) is 4.82. The Morgan fingerprint density at radius 1 is 1.23 bits per heavy atom. The van der Waals surface area contributed by atoms with Crippen LogP contribution in [-0.4, -0.2) is 24.7 Å². The number of morpholine rings is 1. The van der Waals surface area contributed by atoms with Gasteiger partial charge in [0.25, 0.3) is 0 Å². The molecule has 0 spiro atoms. The van der Waals surface area contributed by atoms with Crippen molar-refractivity contribution in [2.24, 2.45) is 0 Å². The Morgan fingerprint density at radius 3 is 2.81 bits per heavy atom. The second-order valence-corrected chi connectivity index (χ2v) is 7.38. The summed E-state index contributed by atoms with van der Waals surface area (Å²) in [5.41, 5.74) is 4.79. The number of halogens is 1. The molecule has 130 valence electrons. The molecule has 1 saturated heterocycles. The second-order valence-electron chi connectivity index (χ2n) is 6.46. The van der Waals surface area contributed by atoms with Gasteiger partial charge in [-0.2, -0.15) is 5.26 Å². The van der Waals surface area contributed by atoms with Gasteiger partial charge in [0.05, 0.1) is 23.4 Å². The van der Waals surface area contributed by atoms with Gasteiger partial charge in [-0.1, -0.05) is 46.3 Å². The minimum Gasteiger partial charge on any atom is -0.370 e. The van der Waals surface area contributed by atoms with Crippen molar-refractivity contribution in [2.75, 3.05) is 24.6 Å². The van der Waals surface area contributed by atoms with Gasteiger partial charge < -0.3 is 9.64 Å². The molecule has 1 fully saturated rings. The van der Waals surface area contributed by atoms with Gasteiger partial charge in [0.1, 0.15) is 12.2 Å². The Bertz CT molecular complexity index is 995. The standard InChI is InChI=1S/C21H18BrN3O/c1-14-3-2-4-18-20(14)24-12-16(11-23)21(18)25-9-10-26-19(13-25)15-5-7-17(22)8-6-15/h2-8,12,19H,9-10,13H2,1H3. The van der Waals surface area contributed by atoms with Crippen molar-refractivity contribution in [3.05, 3.63) is 69.8 Å². The molecule has 0 radical (unpaired) electrons. The van der Waals surface area contributed by atoms with Gasteiger partial charge in [-0.15, -0.1) is 0 Å². The molecule has 0 saturated carbocycles. The molecule has 1 aliphatic rings. The van der Waals surface area contributed by atoms with E-state index in [1.165, 1.54) is 0 Å². The molecule has 0 aliphatic carbocycles. The fourth-order valence-corrected chi connectivity index (χ4v) is 3.78. The van der Waals surface area contributed by atoms with Crippen LogP contribution >= 0.6 is 15.9 Å². The first kappa shape index (κ1) is 17.0. The second kappa shape index (κ2) is 7.06. The number of aromatic nitrogens is 1. The third kappa shape index (κ3) is 3.07. The van der Waals surface area contributed by atoms with Crippen molar-refractivity contribution in [1.82, 2.24) is 4.98 Å². The van der Waals surface area contributed by atoms with E-state index in [1.54, 1.807) is 6.20 Å². The van der Waals surface area contributed by atoms with Crippen LogP contribution < -0.4 is 4.90 Å². The Kier molecular flexibility index (Phi) is 4.62. The number of nitrogens with zero attached hydrogens (tertiary/aromatic N) is 3. The number of aryl methyl sites for hydroxylation is 1. The summed E-state index contributed by atoms with van der Waals surface area (Å²) in [6, 6.07) is 16.7. The maximum absolute atomic E-state index is 9.64. The van der Waals surface area contributed by atoms with Crippen molar-refractivity contribution in [3.63, 3.8) is 0 Å². The molecule has 4 rings (SSSR count). The first-order valence-corrected chi connectivity index (χ1v) is 9.37. The van der Waals surface area contributed by atoms with Gasteiger partial charge in [-0.3, -0.25) is 4.98 Å². The normalized spacial score (nSPS) is 17.3. The topological polar surface area (TPSA) is 49.1 Å². The molecule has 5 heteroatoms. The average Bonchev–Trinajstić information content (AvgIpc) is 2.68. The van der Waals surface area contributed by atoms with E-state index in [1.807, 2.05) is 18.2 Å². The SMILES string of the molecule is Cc1cccc2c(N3CCOC(c4ccc(Br)cc4)C3)c(C#N)cnc12. The molecule has 0 amide bonds. The molecule has 0 bridgehead atoms. The van der Waals surface area contributed by atoms with E-state index < -0.39 is 0 Å². The highest BCUT2D eigenvalue weighted by molar-refractivity contribution is 9.10. The lowest BCUT2D eigenvalue weighted by atomic mass is 10.0. The maximum Gasteiger partial charge on any atom is 0.103 e. The van der Waals surface area contributed by atoms with Gasteiger partial charge in [0.15, 0.2) is 0 Å². The molecule has 1 unspecified atom stereocenters. The Morgan fingerprint density at radius 2 is 2.04 bits per heavy atom. The monoisotopic (exact) mass is 407 g/mol. The van der Waals surface area contributed by atoms with Crippen LogP contribution in [0.2, 0.25) is 0 Å². The number of ether oxygens (including phenoxy) is 1. The molecule has 1 aromatic heterocycles. The molecular weight excluding hydrogens is 390 g/mol. The predicted octanol–water partition coefficient (Wildman–Crippen LogP) is 4.76. The number of pyridine rings is 1. The fraction of sp³-hybridized carbons (Fsp3) is 0.238. The number of fused-ring (bicyclic) bond motifs is 1. The highest BCUT2D eigenvalue weighted by atomic mass is 79.9. The molecule has 1 aliphatic heterocycles. The number of rotatable bonds is 2. The van der Waals surface area contributed by atoms with E-state index in [0.717, 1.165) is 38.7 Å². The van der Waals surface area contributed by atoms with Gasteiger partial charge in [-0.05, 0) is 30.2 Å². The van der Waals surface area contributed by atoms with Crippen LogP contribution in [0.25, 0.3) is 10.9 Å². The molecule has 1 atom stereocenters. The van der Waals surface area contributed by atoms with Crippen molar-refractivity contribution >= 4 is 32.5 Å². The van der Waals surface area contributed by atoms with Crippen LogP contribution in [0.4, 0.5) is 5.69 Å². The minimum atomic E-state index is -0.0172. The van der Waals surface area contributed by atoms with Gasteiger partial charge in [0, 0.05) is 29.1 Å². The Labute approximate surface area is 161 Å². The molecule has 26 heavy (non-hydrogen) atoms. The number of hydrogen-bond acceptors (Lipinski definition) is 4. The van der Waals surface area contributed by atoms with Crippen molar-refractivity contribution in [2.45, 2.75) is 13.0 Å². The lowest BCUT2D eigenvalue weighted by Crippen LogP contribution is -2.39. The Balaban J connectivity index is 1.76. The van der Waals surface area contributed by atoms with E-state index in [2.05, 4.69) is 63.1 Å². The lowest BCUT2D eigenvalue weighted by molar-refractivity contribution is 0.0399. The number of hydrogen-bond donors (Lipinski definition) is 0.